The minimum Gasteiger partial charge on any atom is -0.479 e. The molecule has 13 N–H and O–H groups in total. The summed E-state index contributed by atoms with van der Waals surface area (Å²) in [6, 6.07) is 0. The fraction of sp³-hybridized carbons (Fsp3) is 0.925. The summed E-state index contributed by atoms with van der Waals surface area (Å²) >= 11 is 0. The predicted molar refractivity (Wildman–Crippen MR) is 257 cm³/mol. The Hall–Kier alpha value is -2.08. The van der Waals surface area contributed by atoms with Crippen LogP contribution >= 0.6 is 0 Å². The molecule has 23 heteroatoms. The van der Waals surface area contributed by atoms with Crippen molar-refractivity contribution >= 4 is 11.9 Å². The Labute approximate surface area is 442 Å². The molecule has 4 saturated carbocycles. The summed E-state index contributed by atoms with van der Waals surface area (Å²) < 4.78 is 46.6. The zero-order chi connectivity index (χ0) is 55.6. The van der Waals surface area contributed by atoms with E-state index >= 15 is 4.79 Å². The molecule has 76 heavy (non-hydrogen) atoms. The third-order valence-corrected chi connectivity index (χ3v) is 21.0. The Morgan fingerprint density at radius 1 is 0.632 bits per heavy atom. The van der Waals surface area contributed by atoms with Crippen molar-refractivity contribution in [3.05, 3.63) is 11.6 Å². The van der Waals surface area contributed by atoms with E-state index in [1.54, 1.807) is 0 Å². The second-order valence-electron chi connectivity index (χ2n) is 25.9. The average Bonchev–Trinajstić information content (AvgIpc) is 3.54. The minimum atomic E-state index is -1.92. The molecule has 0 spiro atoms. The quantitative estimate of drug-likeness (QED) is 0.0649. The number of aliphatic hydroxyl groups excluding tert-OH is 12. The number of hydrogen-bond acceptors (Lipinski definition) is 22. The molecular weight excluding hydrogens is 1000 g/mol. The molecule has 4 aliphatic heterocycles. The summed E-state index contributed by atoms with van der Waals surface area (Å²) in [5, 5.41) is 137. The number of aliphatic carboxylic acids is 1. The van der Waals surface area contributed by atoms with Crippen LogP contribution in [0.4, 0.5) is 0 Å². The molecule has 23 nitrogen and oxygen atoms in total. The van der Waals surface area contributed by atoms with Gasteiger partial charge in [-0.25, -0.2) is 4.79 Å². The highest BCUT2D eigenvalue weighted by Gasteiger charge is 2.70. The summed E-state index contributed by atoms with van der Waals surface area (Å²) in [7, 11) is 0. The Morgan fingerprint density at radius 2 is 1.26 bits per heavy atom. The number of carboxylic acid groups (broad SMARTS) is 1. The van der Waals surface area contributed by atoms with Gasteiger partial charge >= 0.3 is 11.9 Å². The molecule has 5 aliphatic carbocycles. The molecule has 0 aromatic heterocycles. The molecule has 0 amide bonds. The van der Waals surface area contributed by atoms with Crippen LogP contribution in [0.2, 0.25) is 0 Å². The third-order valence-electron chi connectivity index (χ3n) is 21.0. The van der Waals surface area contributed by atoms with Crippen molar-refractivity contribution in [2.45, 2.75) is 235 Å². The maximum absolute atomic E-state index is 15.1. The van der Waals surface area contributed by atoms with Gasteiger partial charge in [-0.2, -0.15) is 0 Å². The molecule has 9 aliphatic rings. The van der Waals surface area contributed by atoms with E-state index in [-0.39, 0.29) is 39.4 Å². The van der Waals surface area contributed by atoms with Crippen molar-refractivity contribution in [2.75, 3.05) is 19.8 Å². The maximum Gasteiger partial charge on any atom is 0.335 e. The van der Waals surface area contributed by atoms with Crippen LogP contribution in [0.1, 0.15) is 113 Å². The lowest BCUT2D eigenvalue weighted by atomic mass is 9.33. The normalized spacial score (nSPS) is 52.9. The fourth-order valence-electron chi connectivity index (χ4n) is 16.1. The van der Waals surface area contributed by atoms with Gasteiger partial charge in [0, 0.05) is 0 Å². The zero-order valence-corrected chi connectivity index (χ0v) is 44.4. The lowest BCUT2D eigenvalue weighted by Gasteiger charge is -2.71. The summed E-state index contributed by atoms with van der Waals surface area (Å²) in [4.78, 5) is 27.5. The Bertz CT molecular complexity index is 2140. The van der Waals surface area contributed by atoms with E-state index in [0.717, 1.165) is 19.3 Å². The Kier molecular flexibility index (Phi) is 16.2. The number of rotatable bonds is 11. The van der Waals surface area contributed by atoms with Gasteiger partial charge in [0.2, 0.25) is 6.29 Å². The van der Waals surface area contributed by atoms with E-state index in [1.165, 1.54) is 5.57 Å². The van der Waals surface area contributed by atoms with Crippen LogP contribution in [-0.4, -0.2) is 221 Å². The molecule has 0 aromatic rings. The van der Waals surface area contributed by atoms with Crippen LogP contribution < -0.4 is 0 Å². The number of allylic oxidation sites excluding steroid dienone is 2. The lowest BCUT2D eigenvalue weighted by molar-refractivity contribution is -0.357. The second kappa shape index (κ2) is 21.0. The van der Waals surface area contributed by atoms with Crippen molar-refractivity contribution < 1.29 is 114 Å². The molecule has 434 valence electrons. The topological polar surface area (TPSA) is 371 Å². The molecule has 8 fully saturated rings. The van der Waals surface area contributed by atoms with Gasteiger partial charge in [-0.1, -0.05) is 60.1 Å². The van der Waals surface area contributed by atoms with E-state index in [4.69, 9.17) is 37.9 Å². The van der Waals surface area contributed by atoms with Crippen LogP contribution in [0.25, 0.3) is 0 Å². The number of carbonyl (C=O) groups excluding carboxylic acids is 1. The van der Waals surface area contributed by atoms with Crippen LogP contribution in [0.5, 0.6) is 0 Å². The van der Waals surface area contributed by atoms with Gasteiger partial charge in [-0.3, -0.25) is 4.79 Å². The lowest BCUT2D eigenvalue weighted by Crippen LogP contribution is -2.67. The van der Waals surface area contributed by atoms with Crippen molar-refractivity contribution in [3.63, 3.8) is 0 Å². The molecule has 0 bridgehead atoms. The highest BCUT2D eigenvalue weighted by Crippen LogP contribution is 2.76. The maximum atomic E-state index is 15.1. The first kappa shape index (κ1) is 58.6. The van der Waals surface area contributed by atoms with E-state index in [1.807, 2.05) is 0 Å². The summed E-state index contributed by atoms with van der Waals surface area (Å²) in [5.41, 5.74) is -1.35. The number of fused-ring (bicyclic) bond motifs is 7. The summed E-state index contributed by atoms with van der Waals surface area (Å²) in [6.45, 7) is 14.0. The van der Waals surface area contributed by atoms with Crippen LogP contribution in [-0.2, 0) is 47.5 Å². The predicted octanol–water partition coefficient (Wildman–Crippen LogP) is -1.30. The third kappa shape index (κ3) is 9.52. The van der Waals surface area contributed by atoms with Gasteiger partial charge in [0.05, 0.1) is 31.3 Å². The standard InChI is InChI=1S/C53H84O23/c1-48(2)14-16-53(47(68)76-45-37(63)34(60)32(58)26(72-45)21-70-43-36(62)33(59)31(57)25(19-54)71-43)17-15-51(6)22(23(53)18-48)8-9-28-50(5)12-11-29(49(3,4)27(50)10-13-52(28,51)7)73-46-39(65)40(38(64)41(75-46)42(66)67)74-44-35(61)30(56)24(55)20-69-44/h8,23-41,43-46,54-65H,9-21H2,1-7H3,(H,66,67)/t23-,24+,25+,26+,27-,28+,29-,30+,31+,32+,33-,34-,35-,36+,37+,38-,39+,40-,41-,43+,44-,45-,46+,50-,51+,52+,53-/m0/s1. The minimum absolute atomic E-state index is 0.0798. The molecule has 9 rings (SSSR count). The number of carbonyl (C=O) groups is 2. The van der Waals surface area contributed by atoms with Crippen molar-refractivity contribution in [1.82, 2.24) is 0 Å². The second-order valence-corrected chi connectivity index (χ2v) is 25.9. The van der Waals surface area contributed by atoms with E-state index in [9.17, 15) is 71.2 Å². The first-order chi connectivity index (χ1) is 35.5. The monoisotopic (exact) mass is 1090 g/mol. The molecule has 27 atom stereocenters. The highest BCUT2D eigenvalue weighted by molar-refractivity contribution is 5.79. The van der Waals surface area contributed by atoms with Gasteiger partial charge in [0.1, 0.15) is 85.5 Å². The average molecular weight is 1090 g/mol. The first-order valence-electron chi connectivity index (χ1n) is 27.2. The largest absolute Gasteiger partial charge is 0.479 e. The first-order valence-corrected chi connectivity index (χ1v) is 27.2. The van der Waals surface area contributed by atoms with Gasteiger partial charge in [0.25, 0.3) is 0 Å². The smallest absolute Gasteiger partial charge is 0.335 e. The van der Waals surface area contributed by atoms with E-state index < -0.39 is 165 Å². The molecular formula is C53H84O23. The Balaban J connectivity index is 0.920. The summed E-state index contributed by atoms with van der Waals surface area (Å²) in [5.74, 6) is -2.12. The number of ether oxygens (including phenoxy) is 8. The molecule has 0 unspecified atom stereocenters. The van der Waals surface area contributed by atoms with E-state index in [2.05, 4.69) is 54.5 Å². The molecule has 4 heterocycles. The van der Waals surface area contributed by atoms with E-state index in [0.29, 0.717) is 44.9 Å². The van der Waals surface area contributed by atoms with Crippen molar-refractivity contribution in [1.29, 1.82) is 0 Å². The van der Waals surface area contributed by atoms with Crippen molar-refractivity contribution in [2.24, 2.45) is 50.2 Å². The number of esters is 1. The molecule has 4 saturated heterocycles. The van der Waals surface area contributed by atoms with Crippen molar-refractivity contribution in [3.8, 4) is 0 Å². The van der Waals surface area contributed by atoms with Crippen LogP contribution in [0.15, 0.2) is 11.6 Å². The highest BCUT2D eigenvalue weighted by atomic mass is 16.8. The van der Waals surface area contributed by atoms with Gasteiger partial charge in [-0.05, 0) is 109 Å². The SMILES string of the molecule is CC1(C)CC[C@]2(C(=O)O[C@@H]3O[C@H](CO[C@@H]4O[C@H](CO)[C@@H](O)[C@H](O)[C@H]4O)[C@@H](O)[C@H](O)[C@H]3O)CC[C@]3(C)C(=CC[C@@H]4[C@@]5(C)CC[C@H](O[C@@H]6O[C@H](C(=O)O)[C@@H](O)[C@H](O[C@@H]7OC[C@@H](O)[C@@H](O)[C@@H]7O)[C@H]6O)C(C)(C)[C@@H]5CC[C@]43C)[C@@H]2C1. The molecule has 0 aromatic carbocycles. The number of carboxylic acids is 1. The van der Waals surface area contributed by atoms with Gasteiger partial charge in [-0.15, -0.1) is 0 Å². The Morgan fingerprint density at radius 3 is 1.93 bits per heavy atom. The zero-order valence-electron chi connectivity index (χ0n) is 44.4. The number of aliphatic hydroxyl groups is 12. The fourth-order valence-corrected chi connectivity index (χ4v) is 16.1. The number of hydrogen-bond donors (Lipinski definition) is 13. The summed E-state index contributed by atoms with van der Waals surface area (Å²) in [6.07, 6.45) is -23.4. The van der Waals surface area contributed by atoms with Gasteiger partial charge in [0.15, 0.2) is 25.0 Å². The van der Waals surface area contributed by atoms with Crippen LogP contribution in [0, 0.1) is 50.2 Å². The van der Waals surface area contributed by atoms with Gasteiger partial charge < -0.3 is 104 Å². The molecule has 0 radical (unpaired) electrons. The van der Waals surface area contributed by atoms with Crippen LogP contribution in [0.3, 0.4) is 0 Å².